The van der Waals surface area contributed by atoms with Crippen molar-refractivity contribution in [1.29, 1.82) is 0 Å². The highest BCUT2D eigenvalue weighted by molar-refractivity contribution is 5.97. The molecule has 276 valence electrons. The molecule has 2 aliphatic heterocycles. The van der Waals surface area contributed by atoms with Crippen LogP contribution in [0.15, 0.2) is 67.0 Å². The maximum absolute atomic E-state index is 13.5. The van der Waals surface area contributed by atoms with E-state index in [1.807, 2.05) is 29.9 Å². The number of amides is 2. The molecule has 1 aromatic carbocycles. The number of piperazine rings is 1. The lowest BCUT2D eigenvalue weighted by Crippen LogP contribution is -2.42. The first-order chi connectivity index (χ1) is 26.0. The van der Waals surface area contributed by atoms with Crippen molar-refractivity contribution >= 4 is 28.5 Å². The second-order valence-electron chi connectivity index (χ2n) is 13.5. The number of carbonyl (C=O) groups excluding carboxylic acids is 2. The van der Waals surface area contributed by atoms with Gasteiger partial charge in [0.1, 0.15) is 11.4 Å². The SMILES string of the molecule is CCc1nc2c(cnn2CC)c(NC2CCOCC2)c1CNC(=O)c1cccc(C(=O)NCc2ccnc(-c3cccc(CN4CCNCC4)c3)c2)n1. The van der Waals surface area contributed by atoms with Gasteiger partial charge in [0, 0.05) is 94.6 Å². The molecule has 2 amide bonds. The molecular weight excluding hydrogens is 669 g/mol. The van der Waals surface area contributed by atoms with Crippen molar-refractivity contribution in [3.05, 3.63) is 101 Å². The Labute approximate surface area is 310 Å². The molecule has 53 heavy (non-hydrogen) atoms. The van der Waals surface area contributed by atoms with E-state index in [-0.39, 0.29) is 35.8 Å². The summed E-state index contributed by atoms with van der Waals surface area (Å²) in [7, 11) is 0. The van der Waals surface area contributed by atoms with E-state index >= 15 is 0 Å². The summed E-state index contributed by atoms with van der Waals surface area (Å²) in [5.41, 5.74) is 7.97. The molecule has 2 aliphatic rings. The fourth-order valence-corrected chi connectivity index (χ4v) is 7.02. The Hall–Kier alpha value is -5.24. The van der Waals surface area contributed by atoms with Gasteiger partial charge < -0.3 is 26.0 Å². The number of hydrogen-bond acceptors (Lipinski definition) is 10. The number of aryl methyl sites for hydroxylation is 2. The van der Waals surface area contributed by atoms with E-state index < -0.39 is 0 Å². The van der Waals surface area contributed by atoms with Gasteiger partial charge in [-0.1, -0.05) is 31.2 Å². The molecule has 6 heterocycles. The molecule has 4 aromatic heterocycles. The molecule has 2 saturated heterocycles. The third-order valence-corrected chi connectivity index (χ3v) is 9.93. The van der Waals surface area contributed by atoms with Crippen LogP contribution in [0.3, 0.4) is 0 Å². The molecule has 7 rings (SSSR count). The number of nitrogens with zero attached hydrogens (tertiary/aromatic N) is 6. The van der Waals surface area contributed by atoms with Gasteiger partial charge in [-0.3, -0.25) is 19.5 Å². The third-order valence-electron chi connectivity index (χ3n) is 9.93. The Morgan fingerprint density at radius 2 is 1.66 bits per heavy atom. The van der Waals surface area contributed by atoms with Gasteiger partial charge in [0.25, 0.3) is 11.8 Å². The Balaban J connectivity index is 1.01. The van der Waals surface area contributed by atoms with Gasteiger partial charge in [-0.15, -0.1) is 0 Å². The summed E-state index contributed by atoms with van der Waals surface area (Å²) in [5.74, 6) is -0.740. The maximum Gasteiger partial charge on any atom is 0.270 e. The summed E-state index contributed by atoms with van der Waals surface area (Å²) in [4.78, 5) is 43.2. The van der Waals surface area contributed by atoms with Crippen molar-refractivity contribution in [2.75, 3.05) is 44.7 Å². The van der Waals surface area contributed by atoms with Crippen LogP contribution in [-0.4, -0.2) is 86.9 Å². The predicted octanol–water partition coefficient (Wildman–Crippen LogP) is 4.33. The number of ether oxygens (including phenoxy) is 1. The molecule has 0 atom stereocenters. The van der Waals surface area contributed by atoms with Crippen LogP contribution in [0.4, 0.5) is 5.69 Å². The van der Waals surface area contributed by atoms with Gasteiger partial charge >= 0.3 is 0 Å². The molecule has 13 nitrogen and oxygen atoms in total. The van der Waals surface area contributed by atoms with E-state index in [1.54, 1.807) is 24.4 Å². The Morgan fingerprint density at radius 1 is 0.906 bits per heavy atom. The minimum Gasteiger partial charge on any atom is -0.381 e. The molecule has 4 N–H and O–H groups in total. The van der Waals surface area contributed by atoms with E-state index in [1.165, 1.54) is 5.56 Å². The molecule has 0 saturated carbocycles. The molecule has 0 bridgehead atoms. The maximum atomic E-state index is 13.5. The zero-order valence-electron chi connectivity index (χ0n) is 30.5. The molecule has 13 heteroatoms. The van der Waals surface area contributed by atoms with Crippen LogP contribution in [0.2, 0.25) is 0 Å². The lowest BCUT2D eigenvalue weighted by atomic mass is 10.0. The number of rotatable bonds is 13. The Kier molecular flexibility index (Phi) is 11.6. The first-order valence-corrected chi connectivity index (χ1v) is 18.7. The lowest BCUT2D eigenvalue weighted by Gasteiger charge is -2.27. The predicted molar refractivity (Wildman–Crippen MR) is 204 cm³/mol. The zero-order valence-corrected chi connectivity index (χ0v) is 30.5. The summed E-state index contributed by atoms with van der Waals surface area (Å²) in [6.45, 7) is 11.8. The van der Waals surface area contributed by atoms with Gasteiger partial charge in [-0.25, -0.2) is 14.6 Å². The minimum atomic E-state index is -0.374. The van der Waals surface area contributed by atoms with Crippen molar-refractivity contribution in [3.8, 4) is 11.3 Å². The van der Waals surface area contributed by atoms with Gasteiger partial charge in [-0.2, -0.15) is 5.10 Å². The highest BCUT2D eigenvalue weighted by atomic mass is 16.5. The van der Waals surface area contributed by atoms with E-state index in [0.717, 1.165) is 90.4 Å². The van der Waals surface area contributed by atoms with Gasteiger partial charge in [0.15, 0.2) is 5.65 Å². The number of aromatic nitrogens is 5. The average Bonchev–Trinajstić information content (AvgIpc) is 3.63. The first-order valence-electron chi connectivity index (χ1n) is 18.7. The average molecular weight is 717 g/mol. The number of pyridine rings is 3. The van der Waals surface area contributed by atoms with Crippen LogP contribution in [0, 0.1) is 0 Å². The van der Waals surface area contributed by atoms with Crippen LogP contribution in [0.5, 0.6) is 0 Å². The van der Waals surface area contributed by atoms with E-state index in [0.29, 0.717) is 32.7 Å². The minimum absolute atomic E-state index is 0.161. The second-order valence-corrected chi connectivity index (χ2v) is 13.5. The highest BCUT2D eigenvalue weighted by Gasteiger charge is 2.23. The van der Waals surface area contributed by atoms with Crippen LogP contribution in [-0.2, 0) is 37.3 Å². The standard InChI is InChI=1S/C40H48N10O3/c1-3-33-31(37(46-30-12-19-53-20-13-30)32-25-45-50(4-2)38(32)48-33)24-44-40(52)35-10-6-9-34(47-35)39(51)43-23-27-11-14-42-36(22-27)29-8-5-7-28(21-29)26-49-17-15-41-16-18-49/h5-11,14,21-22,25,30,41H,3-4,12-13,15-20,23-24,26H2,1-2H3,(H,43,51)(H,44,52)(H,46,48). The molecule has 2 fully saturated rings. The summed E-state index contributed by atoms with van der Waals surface area (Å²) in [6.07, 6.45) is 6.09. The van der Waals surface area contributed by atoms with E-state index in [2.05, 4.69) is 72.4 Å². The van der Waals surface area contributed by atoms with Crippen molar-refractivity contribution in [3.63, 3.8) is 0 Å². The topological polar surface area (TPSA) is 151 Å². The third kappa shape index (κ3) is 8.70. The molecule has 0 aliphatic carbocycles. The van der Waals surface area contributed by atoms with Gasteiger partial charge in [0.2, 0.25) is 0 Å². The van der Waals surface area contributed by atoms with Crippen molar-refractivity contribution in [1.82, 2.24) is 45.6 Å². The zero-order chi connectivity index (χ0) is 36.6. The summed E-state index contributed by atoms with van der Waals surface area (Å²) < 4.78 is 7.49. The second kappa shape index (κ2) is 17.1. The summed E-state index contributed by atoms with van der Waals surface area (Å²) in [5, 5.41) is 18.7. The molecule has 0 spiro atoms. The number of hydrogen-bond donors (Lipinski definition) is 4. The lowest BCUT2D eigenvalue weighted by molar-refractivity contribution is 0.0904. The smallest absolute Gasteiger partial charge is 0.270 e. The molecule has 5 aromatic rings. The monoisotopic (exact) mass is 716 g/mol. The molecule has 0 unspecified atom stereocenters. The fraction of sp³-hybridized carbons (Fsp3) is 0.400. The van der Waals surface area contributed by atoms with Crippen LogP contribution >= 0.6 is 0 Å². The molecular formula is C40H48N10O3. The number of anilines is 1. The summed E-state index contributed by atoms with van der Waals surface area (Å²) in [6, 6.07) is 17.5. The van der Waals surface area contributed by atoms with Crippen molar-refractivity contribution < 1.29 is 14.3 Å². The van der Waals surface area contributed by atoms with E-state index in [4.69, 9.17) is 9.72 Å². The largest absolute Gasteiger partial charge is 0.381 e. The van der Waals surface area contributed by atoms with Crippen molar-refractivity contribution in [2.45, 2.75) is 65.3 Å². The number of fused-ring (bicyclic) bond motifs is 1. The van der Waals surface area contributed by atoms with Crippen molar-refractivity contribution in [2.24, 2.45) is 0 Å². The fourth-order valence-electron chi connectivity index (χ4n) is 7.02. The van der Waals surface area contributed by atoms with Crippen LogP contribution in [0.1, 0.15) is 70.1 Å². The normalized spacial score (nSPS) is 15.4. The first kappa shape index (κ1) is 36.1. The van der Waals surface area contributed by atoms with Gasteiger partial charge in [0.05, 0.1) is 23.0 Å². The summed E-state index contributed by atoms with van der Waals surface area (Å²) >= 11 is 0. The quantitative estimate of drug-likeness (QED) is 0.139. The van der Waals surface area contributed by atoms with Gasteiger partial charge in [-0.05, 0) is 67.6 Å². The Bertz CT molecular complexity index is 2050. The van der Waals surface area contributed by atoms with Crippen LogP contribution in [0.25, 0.3) is 22.3 Å². The number of nitrogens with one attached hydrogen (secondary N) is 4. The van der Waals surface area contributed by atoms with E-state index in [9.17, 15) is 9.59 Å². The van der Waals surface area contributed by atoms with Crippen LogP contribution < -0.4 is 21.3 Å². The highest BCUT2D eigenvalue weighted by Crippen LogP contribution is 2.31. The number of benzene rings is 1. The number of carbonyl (C=O) groups is 2. The molecule has 0 radical (unpaired) electrons. The Morgan fingerprint density at radius 3 is 2.42 bits per heavy atom.